The highest BCUT2D eigenvalue weighted by Crippen LogP contribution is 2.22. The maximum absolute atomic E-state index is 14.2. The Morgan fingerprint density at radius 2 is 2.18 bits per heavy atom. The highest BCUT2D eigenvalue weighted by Gasteiger charge is 2.13. The van der Waals surface area contributed by atoms with Crippen LogP contribution in [0.15, 0.2) is 36.9 Å². The van der Waals surface area contributed by atoms with Crippen LogP contribution in [0.25, 0.3) is 11.8 Å². The molecule has 3 aromatic rings. The Kier molecular flexibility index (Phi) is 5.89. The number of amides is 1. The van der Waals surface area contributed by atoms with Gasteiger partial charge in [-0.05, 0) is 37.1 Å². The molecular formula is C19H20ClFN6O. The fourth-order valence-corrected chi connectivity index (χ4v) is 2.98. The molecule has 1 aromatic carbocycles. The number of aryl methyl sites for hydroxylation is 1. The number of nitrogens with zero attached hydrogens (tertiary/aromatic N) is 5. The van der Waals surface area contributed by atoms with E-state index in [1.54, 1.807) is 16.8 Å². The molecule has 0 fully saturated rings. The van der Waals surface area contributed by atoms with Crippen molar-refractivity contribution in [3.8, 4) is 5.69 Å². The average Bonchev–Trinajstić information content (AvgIpc) is 3.23. The average molecular weight is 403 g/mol. The topological polar surface area (TPSA) is 77.6 Å². The molecule has 9 heteroatoms. The molecular weight excluding hydrogens is 383 g/mol. The van der Waals surface area contributed by atoms with E-state index in [1.165, 1.54) is 35.5 Å². The summed E-state index contributed by atoms with van der Waals surface area (Å²) >= 11 is 6.36. The van der Waals surface area contributed by atoms with E-state index in [1.807, 2.05) is 6.92 Å². The van der Waals surface area contributed by atoms with Gasteiger partial charge in [-0.3, -0.25) is 9.48 Å². The molecule has 0 unspecified atom stereocenters. The number of benzene rings is 1. The zero-order chi connectivity index (χ0) is 20.3. The number of anilines is 1. The first-order valence-electron chi connectivity index (χ1n) is 8.71. The van der Waals surface area contributed by atoms with E-state index >= 15 is 0 Å². The minimum atomic E-state index is -0.527. The Labute approximate surface area is 166 Å². The third-order valence-corrected chi connectivity index (χ3v) is 4.33. The highest BCUT2D eigenvalue weighted by atomic mass is 35.5. The molecule has 0 aliphatic heterocycles. The third kappa shape index (κ3) is 4.45. The van der Waals surface area contributed by atoms with Crippen LogP contribution >= 0.6 is 11.6 Å². The van der Waals surface area contributed by atoms with Crippen LogP contribution < -0.4 is 5.32 Å². The molecule has 28 heavy (non-hydrogen) atoms. The summed E-state index contributed by atoms with van der Waals surface area (Å²) in [7, 11) is 0. The Hall–Kier alpha value is -3.00. The lowest BCUT2D eigenvalue weighted by Gasteiger charge is -2.06. The van der Waals surface area contributed by atoms with Gasteiger partial charge in [0.25, 0.3) is 0 Å². The van der Waals surface area contributed by atoms with Gasteiger partial charge in [-0.25, -0.2) is 14.1 Å². The molecule has 0 atom stereocenters. The van der Waals surface area contributed by atoms with E-state index in [0.29, 0.717) is 28.9 Å². The summed E-state index contributed by atoms with van der Waals surface area (Å²) < 4.78 is 17.3. The zero-order valence-corrected chi connectivity index (χ0v) is 16.5. The Morgan fingerprint density at radius 1 is 1.39 bits per heavy atom. The monoisotopic (exact) mass is 402 g/mol. The quantitative estimate of drug-likeness (QED) is 0.635. The molecule has 0 spiro atoms. The van der Waals surface area contributed by atoms with Crippen molar-refractivity contribution in [1.29, 1.82) is 0 Å². The molecule has 2 aromatic heterocycles. The number of hydrogen-bond acceptors (Lipinski definition) is 4. The Balaban J connectivity index is 1.71. The van der Waals surface area contributed by atoms with E-state index in [2.05, 4.69) is 34.3 Å². The van der Waals surface area contributed by atoms with Crippen LogP contribution in [0, 0.1) is 18.7 Å². The number of carbonyl (C=O) groups is 1. The zero-order valence-electron chi connectivity index (χ0n) is 15.7. The van der Waals surface area contributed by atoms with E-state index < -0.39 is 11.7 Å². The van der Waals surface area contributed by atoms with Crippen LogP contribution in [-0.4, -0.2) is 30.5 Å². The van der Waals surface area contributed by atoms with Gasteiger partial charge in [0, 0.05) is 23.9 Å². The van der Waals surface area contributed by atoms with Gasteiger partial charge in [0.2, 0.25) is 5.91 Å². The fourth-order valence-electron chi connectivity index (χ4n) is 2.67. The number of hydrogen-bond donors (Lipinski definition) is 1. The SMILES string of the molecule is Cc1nn(CC(C)C)c(Cl)c1C=CC(=O)Nc1ccc(-n2cncn2)c(F)c1. The number of halogens is 2. The lowest BCUT2D eigenvalue weighted by molar-refractivity contribution is -0.111. The van der Waals surface area contributed by atoms with E-state index in [9.17, 15) is 9.18 Å². The fraction of sp³-hybridized carbons (Fsp3) is 0.263. The van der Waals surface area contributed by atoms with Gasteiger partial charge in [0.05, 0.1) is 5.69 Å². The Morgan fingerprint density at radius 3 is 2.82 bits per heavy atom. The van der Waals surface area contributed by atoms with Crippen LogP contribution in [-0.2, 0) is 11.3 Å². The Bertz CT molecular complexity index is 1010. The van der Waals surface area contributed by atoms with E-state index in [4.69, 9.17) is 11.6 Å². The second-order valence-corrected chi connectivity index (χ2v) is 7.05. The standard InChI is InChI=1S/C19H20ClFN6O/c1-12(2)9-26-19(20)15(13(3)25-26)5-7-18(28)24-14-4-6-17(16(21)8-14)27-11-22-10-23-27/h4-8,10-12H,9H2,1-3H3,(H,24,28). The van der Waals surface area contributed by atoms with Gasteiger partial charge in [0.1, 0.15) is 23.5 Å². The first-order chi connectivity index (χ1) is 13.3. The molecule has 0 bridgehead atoms. The van der Waals surface area contributed by atoms with Gasteiger partial charge in [-0.15, -0.1) is 0 Å². The lowest BCUT2D eigenvalue weighted by atomic mass is 10.2. The van der Waals surface area contributed by atoms with Crippen LogP contribution in [0.5, 0.6) is 0 Å². The minimum Gasteiger partial charge on any atom is -0.322 e. The third-order valence-electron chi connectivity index (χ3n) is 3.93. The molecule has 7 nitrogen and oxygen atoms in total. The van der Waals surface area contributed by atoms with Crippen molar-refractivity contribution in [2.45, 2.75) is 27.3 Å². The predicted octanol–water partition coefficient (Wildman–Crippen LogP) is 3.87. The van der Waals surface area contributed by atoms with Crippen LogP contribution in [0.2, 0.25) is 5.15 Å². The van der Waals surface area contributed by atoms with Gasteiger partial charge in [-0.1, -0.05) is 25.4 Å². The highest BCUT2D eigenvalue weighted by molar-refractivity contribution is 6.31. The summed E-state index contributed by atoms with van der Waals surface area (Å²) in [6.07, 6.45) is 5.66. The first-order valence-corrected chi connectivity index (χ1v) is 9.09. The van der Waals surface area contributed by atoms with Crippen molar-refractivity contribution in [3.63, 3.8) is 0 Å². The molecule has 1 N–H and O–H groups in total. The second-order valence-electron chi connectivity index (χ2n) is 6.69. The summed E-state index contributed by atoms with van der Waals surface area (Å²) in [5.74, 6) is -0.534. The number of rotatable bonds is 6. The van der Waals surface area contributed by atoms with Crippen molar-refractivity contribution in [2.24, 2.45) is 5.92 Å². The van der Waals surface area contributed by atoms with E-state index in [-0.39, 0.29) is 5.69 Å². The summed E-state index contributed by atoms with van der Waals surface area (Å²) in [5.41, 5.74) is 1.99. The smallest absolute Gasteiger partial charge is 0.248 e. The van der Waals surface area contributed by atoms with Crippen molar-refractivity contribution in [2.75, 3.05) is 5.32 Å². The first kappa shape index (κ1) is 19.8. The second kappa shape index (κ2) is 8.35. The van der Waals surface area contributed by atoms with Crippen molar-refractivity contribution in [3.05, 3.63) is 59.2 Å². The minimum absolute atomic E-state index is 0.242. The number of carbonyl (C=O) groups excluding carboxylic acids is 1. The molecule has 0 aliphatic rings. The summed E-state index contributed by atoms with van der Waals surface area (Å²) in [5, 5.41) is 11.4. The van der Waals surface area contributed by atoms with Crippen LogP contribution in [0.3, 0.4) is 0 Å². The van der Waals surface area contributed by atoms with E-state index in [0.717, 1.165) is 5.69 Å². The molecule has 0 saturated carbocycles. The van der Waals surface area contributed by atoms with Gasteiger partial charge in [-0.2, -0.15) is 10.2 Å². The van der Waals surface area contributed by atoms with Crippen LogP contribution in [0.4, 0.5) is 10.1 Å². The van der Waals surface area contributed by atoms with Crippen LogP contribution in [0.1, 0.15) is 25.1 Å². The van der Waals surface area contributed by atoms with Gasteiger partial charge in [0.15, 0.2) is 5.82 Å². The largest absolute Gasteiger partial charge is 0.322 e. The maximum Gasteiger partial charge on any atom is 0.248 e. The molecule has 0 saturated heterocycles. The normalized spacial score (nSPS) is 11.5. The molecule has 0 radical (unpaired) electrons. The summed E-state index contributed by atoms with van der Waals surface area (Å²) in [4.78, 5) is 16.0. The predicted molar refractivity (Wildman–Crippen MR) is 106 cm³/mol. The molecule has 0 aliphatic carbocycles. The van der Waals surface area contributed by atoms with Crippen molar-refractivity contribution >= 4 is 29.3 Å². The van der Waals surface area contributed by atoms with Gasteiger partial charge < -0.3 is 5.32 Å². The lowest BCUT2D eigenvalue weighted by Crippen LogP contribution is -2.09. The number of aromatic nitrogens is 5. The van der Waals surface area contributed by atoms with Crippen molar-refractivity contribution in [1.82, 2.24) is 24.5 Å². The maximum atomic E-state index is 14.2. The number of nitrogens with one attached hydrogen (secondary N) is 1. The van der Waals surface area contributed by atoms with Gasteiger partial charge >= 0.3 is 0 Å². The summed E-state index contributed by atoms with van der Waals surface area (Å²) in [6, 6.07) is 4.33. The molecule has 2 heterocycles. The summed E-state index contributed by atoms with van der Waals surface area (Å²) in [6.45, 7) is 6.67. The van der Waals surface area contributed by atoms with Crippen molar-refractivity contribution < 1.29 is 9.18 Å². The molecule has 3 rings (SSSR count). The molecule has 1 amide bonds. The molecule has 146 valence electrons.